The van der Waals surface area contributed by atoms with E-state index in [1.165, 1.54) is 12.8 Å². The van der Waals surface area contributed by atoms with Gasteiger partial charge in [0.05, 0.1) is 16.6 Å². The Morgan fingerprint density at radius 3 is 2.64 bits per heavy atom. The van der Waals surface area contributed by atoms with E-state index in [0.29, 0.717) is 12.5 Å². The zero-order valence-corrected chi connectivity index (χ0v) is 10.2. The number of halogens is 1. The van der Waals surface area contributed by atoms with Crippen LogP contribution in [-0.4, -0.2) is 23.5 Å². The first kappa shape index (κ1) is 11.7. The number of aliphatic imine (C=N–C) groups is 1. The molecule has 3 nitrogen and oxygen atoms in total. The molecular formula is C10H17BrN2O. The fourth-order valence-corrected chi connectivity index (χ4v) is 1.48. The fourth-order valence-electron chi connectivity index (χ4n) is 1.01. The lowest BCUT2D eigenvalue weighted by Crippen LogP contribution is -2.22. The first-order valence-corrected chi connectivity index (χ1v) is 5.57. The molecule has 1 aliphatic carbocycles. The van der Waals surface area contributed by atoms with Crippen LogP contribution >= 0.6 is 15.9 Å². The fraction of sp³-hybridized carbons (Fsp3) is 0.700. The minimum absolute atomic E-state index is 0.389. The Morgan fingerprint density at radius 2 is 2.21 bits per heavy atom. The molecule has 0 aliphatic heterocycles. The van der Waals surface area contributed by atoms with Crippen molar-refractivity contribution in [3.8, 4) is 0 Å². The molecule has 3 N–H and O–H groups in total. The summed E-state index contributed by atoms with van der Waals surface area (Å²) in [6.45, 7) is 3.85. The lowest BCUT2D eigenvalue weighted by molar-refractivity contribution is 0.0906. The van der Waals surface area contributed by atoms with Gasteiger partial charge in [-0.05, 0) is 48.5 Å². The average molecular weight is 261 g/mol. The number of hydrogen-bond donors (Lipinski definition) is 2. The topological polar surface area (TPSA) is 58.6 Å². The largest absolute Gasteiger partial charge is 0.401 e. The van der Waals surface area contributed by atoms with Gasteiger partial charge in [0.25, 0.3) is 0 Å². The first-order valence-electron chi connectivity index (χ1n) is 4.77. The maximum absolute atomic E-state index is 9.41. The Kier molecular flexibility index (Phi) is 3.72. The summed E-state index contributed by atoms with van der Waals surface area (Å²) in [7, 11) is 0. The highest BCUT2D eigenvalue weighted by molar-refractivity contribution is 9.12. The molecule has 1 rings (SSSR count). The maximum Gasteiger partial charge on any atom is 0.0786 e. The Bertz CT molecular complexity index is 262. The predicted octanol–water partition coefficient (Wildman–Crippen LogP) is 1.80. The molecule has 0 amide bonds. The van der Waals surface area contributed by atoms with Crippen LogP contribution in [0.1, 0.15) is 26.7 Å². The summed E-state index contributed by atoms with van der Waals surface area (Å²) in [5, 5.41) is 9.41. The zero-order chi connectivity index (χ0) is 10.8. The van der Waals surface area contributed by atoms with Gasteiger partial charge in [0.15, 0.2) is 0 Å². The lowest BCUT2D eigenvalue weighted by atomic mass is 10.1. The van der Waals surface area contributed by atoms with Gasteiger partial charge in [-0.2, -0.15) is 0 Å². The molecule has 1 fully saturated rings. The van der Waals surface area contributed by atoms with E-state index < -0.39 is 5.60 Å². The Balaban J connectivity index is 2.46. The van der Waals surface area contributed by atoms with Crippen molar-refractivity contribution in [1.29, 1.82) is 0 Å². The molecule has 1 aliphatic rings. The van der Waals surface area contributed by atoms with Gasteiger partial charge in [-0.3, -0.25) is 4.99 Å². The number of aliphatic hydroxyl groups is 1. The zero-order valence-electron chi connectivity index (χ0n) is 8.63. The van der Waals surface area contributed by atoms with E-state index in [-0.39, 0.29) is 0 Å². The number of allylic oxidation sites excluding steroid dienone is 2. The molecule has 1 saturated carbocycles. The summed E-state index contributed by atoms with van der Waals surface area (Å²) < 4.78 is 0.851. The molecule has 0 saturated heterocycles. The van der Waals surface area contributed by atoms with Crippen molar-refractivity contribution in [1.82, 2.24) is 0 Å². The summed E-state index contributed by atoms with van der Waals surface area (Å²) in [4.78, 5) is 4.11. The second-order valence-corrected chi connectivity index (χ2v) is 5.21. The van der Waals surface area contributed by atoms with Gasteiger partial charge in [0, 0.05) is 11.9 Å². The van der Waals surface area contributed by atoms with E-state index in [4.69, 9.17) is 5.73 Å². The van der Waals surface area contributed by atoms with Crippen LogP contribution in [0.4, 0.5) is 0 Å². The van der Waals surface area contributed by atoms with Crippen LogP contribution < -0.4 is 5.73 Å². The quantitative estimate of drug-likeness (QED) is 0.758. The molecule has 14 heavy (non-hydrogen) atoms. The third kappa shape index (κ3) is 4.24. The normalized spacial score (nSPS) is 20.0. The molecule has 0 aromatic carbocycles. The van der Waals surface area contributed by atoms with Crippen LogP contribution in [-0.2, 0) is 0 Å². The highest BCUT2D eigenvalue weighted by Crippen LogP contribution is 2.35. The molecule has 4 heteroatoms. The predicted molar refractivity (Wildman–Crippen MR) is 62.5 cm³/mol. The monoisotopic (exact) mass is 260 g/mol. The summed E-state index contributed by atoms with van der Waals surface area (Å²) >= 11 is 3.38. The lowest BCUT2D eigenvalue weighted by Gasteiger charge is -2.12. The molecular weight excluding hydrogens is 244 g/mol. The van der Waals surface area contributed by atoms with Crippen LogP contribution in [0.25, 0.3) is 0 Å². The number of nitrogens with zero attached hydrogens (tertiary/aromatic N) is 1. The molecule has 0 spiro atoms. The third-order valence-electron chi connectivity index (χ3n) is 1.98. The van der Waals surface area contributed by atoms with Crippen LogP contribution in [0.2, 0.25) is 0 Å². The van der Waals surface area contributed by atoms with Crippen molar-refractivity contribution in [2.24, 2.45) is 16.6 Å². The minimum atomic E-state index is -0.752. The van der Waals surface area contributed by atoms with E-state index >= 15 is 0 Å². The summed E-state index contributed by atoms with van der Waals surface area (Å²) in [5.74, 6) is 0.540. The van der Waals surface area contributed by atoms with Crippen LogP contribution in [0, 0.1) is 5.92 Å². The molecule has 0 unspecified atom stereocenters. The van der Waals surface area contributed by atoms with E-state index in [9.17, 15) is 5.11 Å². The van der Waals surface area contributed by atoms with Crippen molar-refractivity contribution in [3.05, 3.63) is 10.2 Å². The average Bonchev–Trinajstić information content (AvgIpc) is 2.82. The molecule has 0 aromatic rings. The highest BCUT2D eigenvalue weighted by Gasteiger charge is 2.25. The van der Waals surface area contributed by atoms with Crippen molar-refractivity contribution < 1.29 is 5.11 Å². The molecule has 0 heterocycles. The maximum atomic E-state index is 9.41. The molecule has 80 valence electrons. The molecule has 0 atom stereocenters. The van der Waals surface area contributed by atoms with Gasteiger partial charge in [0.1, 0.15) is 0 Å². The number of rotatable bonds is 4. The van der Waals surface area contributed by atoms with E-state index in [1.807, 2.05) is 0 Å². The van der Waals surface area contributed by atoms with E-state index in [0.717, 1.165) is 10.2 Å². The van der Waals surface area contributed by atoms with Crippen LogP contribution in [0.5, 0.6) is 0 Å². The van der Waals surface area contributed by atoms with E-state index in [1.54, 1.807) is 20.1 Å². The van der Waals surface area contributed by atoms with Crippen LogP contribution in [0.3, 0.4) is 0 Å². The SMILES string of the molecule is CC(C)(O)CN=CC(Br)=C(N)C1CC1. The van der Waals surface area contributed by atoms with Gasteiger partial charge >= 0.3 is 0 Å². The van der Waals surface area contributed by atoms with Gasteiger partial charge in [-0.15, -0.1) is 0 Å². The molecule has 0 bridgehead atoms. The minimum Gasteiger partial charge on any atom is -0.401 e. The first-order chi connectivity index (χ1) is 6.40. The number of nitrogens with two attached hydrogens (primary N) is 1. The van der Waals surface area contributed by atoms with Gasteiger partial charge in [-0.25, -0.2) is 0 Å². The number of hydrogen-bond acceptors (Lipinski definition) is 3. The second kappa shape index (κ2) is 4.45. The van der Waals surface area contributed by atoms with Crippen molar-refractivity contribution in [2.75, 3.05) is 6.54 Å². The molecule has 0 radical (unpaired) electrons. The smallest absolute Gasteiger partial charge is 0.0786 e. The van der Waals surface area contributed by atoms with Crippen molar-refractivity contribution in [2.45, 2.75) is 32.3 Å². The van der Waals surface area contributed by atoms with Gasteiger partial charge < -0.3 is 10.8 Å². The molecule has 0 aromatic heterocycles. The van der Waals surface area contributed by atoms with Crippen molar-refractivity contribution in [3.63, 3.8) is 0 Å². The Hall–Kier alpha value is -0.350. The van der Waals surface area contributed by atoms with E-state index in [2.05, 4.69) is 20.9 Å². The Morgan fingerprint density at radius 1 is 1.64 bits per heavy atom. The third-order valence-corrected chi connectivity index (χ3v) is 2.64. The van der Waals surface area contributed by atoms with Crippen LogP contribution in [0.15, 0.2) is 15.2 Å². The van der Waals surface area contributed by atoms with Crippen molar-refractivity contribution >= 4 is 22.1 Å². The summed E-state index contributed by atoms with van der Waals surface area (Å²) in [5.41, 5.74) is 5.98. The highest BCUT2D eigenvalue weighted by atomic mass is 79.9. The standard InChI is InChI=1S/C10H17BrN2O/c1-10(2,14)6-13-5-8(11)9(12)7-3-4-7/h5,7,14H,3-4,6,12H2,1-2H3. The summed E-state index contributed by atoms with van der Waals surface area (Å²) in [6, 6.07) is 0. The van der Waals surface area contributed by atoms with Gasteiger partial charge in [0.2, 0.25) is 0 Å². The Labute approximate surface area is 93.2 Å². The second-order valence-electron chi connectivity index (χ2n) is 4.36. The van der Waals surface area contributed by atoms with Gasteiger partial charge in [-0.1, -0.05) is 0 Å². The summed E-state index contributed by atoms with van der Waals surface area (Å²) in [6.07, 6.45) is 4.05.